The average Bonchev–Trinajstić information content (AvgIpc) is 2.67. The quantitative estimate of drug-likeness (QED) is 0.640. The number of thiophene rings is 1. The zero-order chi connectivity index (χ0) is 15.3. The predicted octanol–water partition coefficient (Wildman–Crippen LogP) is 1.56. The van der Waals surface area contributed by atoms with Gasteiger partial charge in [0.25, 0.3) is 0 Å². The number of amides is 2. The highest BCUT2D eigenvalue weighted by Gasteiger charge is 2.21. The van der Waals surface area contributed by atoms with Crippen LogP contribution in [0, 0.1) is 13.8 Å². The molecule has 7 heteroatoms. The van der Waals surface area contributed by atoms with Crippen LogP contribution >= 0.6 is 11.3 Å². The minimum Gasteiger partial charge on any atom is -0.480 e. The Balaban J connectivity index is 2.61. The molecule has 6 nitrogen and oxygen atoms in total. The third-order valence-electron chi connectivity index (χ3n) is 2.91. The minimum absolute atomic E-state index is 0.0201. The summed E-state index contributed by atoms with van der Waals surface area (Å²) >= 11 is 1.65. The van der Waals surface area contributed by atoms with E-state index in [1.165, 1.54) is 0 Å². The summed E-state index contributed by atoms with van der Waals surface area (Å²) in [6.45, 7) is 5.52. The highest BCUT2D eigenvalue weighted by atomic mass is 32.1. The molecule has 1 rings (SSSR count). The molecule has 0 bridgehead atoms. The number of carboxylic acid groups (broad SMARTS) is 1. The van der Waals surface area contributed by atoms with Crippen molar-refractivity contribution in [2.75, 3.05) is 6.61 Å². The van der Waals surface area contributed by atoms with Crippen LogP contribution in [0.2, 0.25) is 0 Å². The lowest BCUT2D eigenvalue weighted by Gasteiger charge is -2.18. The van der Waals surface area contributed by atoms with Gasteiger partial charge in [-0.25, -0.2) is 9.59 Å². The van der Waals surface area contributed by atoms with Gasteiger partial charge in [-0.2, -0.15) is 0 Å². The summed E-state index contributed by atoms with van der Waals surface area (Å²) in [5.74, 6) is -1.16. The normalized spacial score (nSPS) is 13.6. The molecule has 0 fully saturated rings. The smallest absolute Gasteiger partial charge is 0.326 e. The molecule has 20 heavy (non-hydrogen) atoms. The summed E-state index contributed by atoms with van der Waals surface area (Å²) in [4.78, 5) is 24.9. The number of hydrogen-bond donors (Lipinski definition) is 4. The third-order valence-corrected chi connectivity index (χ3v) is 3.90. The molecule has 0 aliphatic carbocycles. The highest BCUT2D eigenvalue weighted by Crippen LogP contribution is 2.25. The van der Waals surface area contributed by atoms with Crippen LogP contribution in [0.25, 0.3) is 0 Å². The number of rotatable bonds is 6. The van der Waals surface area contributed by atoms with E-state index in [4.69, 9.17) is 10.2 Å². The van der Waals surface area contributed by atoms with Gasteiger partial charge >= 0.3 is 12.0 Å². The van der Waals surface area contributed by atoms with Gasteiger partial charge in [0.2, 0.25) is 0 Å². The van der Waals surface area contributed by atoms with Crippen molar-refractivity contribution >= 4 is 23.3 Å². The number of aliphatic carboxylic acids is 1. The summed E-state index contributed by atoms with van der Waals surface area (Å²) in [6.07, 6.45) is -0.0201. The van der Waals surface area contributed by atoms with Crippen LogP contribution in [-0.2, 0) is 4.79 Å². The van der Waals surface area contributed by atoms with Crippen molar-refractivity contribution in [1.29, 1.82) is 0 Å². The Hall–Kier alpha value is -1.60. The Morgan fingerprint density at radius 1 is 1.35 bits per heavy atom. The van der Waals surface area contributed by atoms with Gasteiger partial charge in [0.15, 0.2) is 0 Å². The average molecular weight is 300 g/mol. The summed E-state index contributed by atoms with van der Waals surface area (Å²) < 4.78 is 0. The maximum absolute atomic E-state index is 11.8. The lowest BCUT2D eigenvalue weighted by Crippen LogP contribution is -2.47. The molecule has 0 aromatic carbocycles. The first kappa shape index (κ1) is 16.5. The molecule has 0 aliphatic heterocycles. The van der Waals surface area contributed by atoms with Crippen LogP contribution in [0.15, 0.2) is 6.07 Å². The van der Waals surface area contributed by atoms with Gasteiger partial charge in [-0.1, -0.05) is 0 Å². The third kappa shape index (κ3) is 4.50. The Morgan fingerprint density at radius 2 is 2.00 bits per heavy atom. The molecule has 1 heterocycles. The molecule has 0 saturated carbocycles. The number of hydrogen-bond acceptors (Lipinski definition) is 4. The Kier molecular flexibility index (Phi) is 5.97. The summed E-state index contributed by atoms with van der Waals surface area (Å²) in [5.41, 5.74) is 1.02. The number of aryl methyl sites for hydroxylation is 2. The van der Waals surface area contributed by atoms with Crippen molar-refractivity contribution in [3.05, 3.63) is 21.4 Å². The molecule has 0 spiro atoms. The molecule has 112 valence electrons. The van der Waals surface area contributed by atoms with Crippen molar-refractivity contribution in [3.8, 4) is 0 Å². The minimum atomic E-state index is -1.16. The number of aliphatic hydroxyl groups is 1. The van der Waals surface area contributed by atoms with Gasteiger partial charge < -0.3 is 20.8 Å². The van der Waals surface area contributed by atoms with Crippen molar-refractivity contribution in [1.82, 2.24) is 10.6 Å². The number of nitrogens with one attached hydrogen (secondary N) is 2. The number of urea groups is 1. The fourth-order valence-electron chi connectivity index (χ4n) is 1.94. The van der Waals surface area contributed by atoms with E-state index < -0.39 is 18.0 Å². The number of aliphatic hydroxyl groups excluding tert-OH is 1. The van der Waals surface area contributed by atoms with Gasteiger partial charge in [0.05, 0.1) is 6.04 Å². The maximum Gasteiger partial charge on any atom is 0.326 e. The van der Waals surface area contributed by atoms with Gasteiger partial charge in [-0.05, 0) is 32.4 Å². The molecule has 2 atom stereocenters. The zero-order valence-electron chi connectivity index (χ0n) is 11.8. The summed E-state index contributed by atoms with van der Waals surface area (Å²) in [7, 11) is 0. The predicted molar refractivity (Wildman–Crippen MR) is 77.0 cm³/mol. The van der Waals surface area contributed by atoms with Gasteiger partial charge in [0, 0.05) is 22.8 Å². The topological polar surface area (TPSA) is 98.7 Å². The van der Waals surface area contributed by atoms with Crippen molar-refractivity contribution < 1.29 is 19.8 Å². The number of carboxylic acids is 1. The molecule has 1 aromatic heterocycles. The Labute approximate surface area is 121 Å². The van der Waals surface area contributed by atoms with Crippen molar-refractivity contribution in [3.63, 3.8) is 0 Å². The Bertz CT molecular complexity index is 487. The van der Waals surface area contributed by atoms with E-state index >= 15 is 0 Å². The van der Waals surface area contributed by atoms with E-state index in [1.807, 2.05) is 26.8 Å². The van der Waals surface area contributed by atoms with E-state index in [9.17, 15) is 9.59 Å². The lowest BCUT2D eigenvalue weighted by molar-refractivity contribution is -0.139. The van der Waals surface area contributed by atoms with Crippen molar-refractivity contribution in [2.24, 2.45) is 0 Å². The highest BCUT2D eigenvalue weighted by molar-refractivity contribution is 7.12. The van der Waals surface area contributed by atoms with Gasteiger partial charge in [-0.15, -0.1) is 11.3 Å². The first-order valence-electron chi connectivity index (χ1n) is 6.32. The molecule has 2 amide bonds. The summed E-state index contributed by atoms with van der Waals surface area (Å²) in [5, 5.41) is 22.7. The lowest BCUT2D eigenvalue weighted by atomic mass is 10.1. The largest absolute Gasteiger partial charge is 0.480 e. The SMILES string of the molecule is Cc1cc(C(C)NC(=O)NC(CCO)C(=O)O)c(C)s1. The van der Waals surface area contributed by atoms with Crippen LogP contribution in [0.3, 0.4) is 0 Å². The standard InChI is InChI=1S/C13H20N2O4S/c1-7-6-10(9(3)20-7)8(2)14-13(19)15-11(4-5-16)12(17)18/h6,8,11,16H,4-5H2,1-3H3,(H,17,18)(H2,14,15,19). The van der Waals surface area contributed by atoms with Crippen LogP contribution in [0.4, 0.5) is 4.79 Å². The second-order valence-corrected chi connectivity index (χ2v) is 6.07. The van der Waals surface area contributed by atoms with Crippen LogP contribution < -0.4 is 10.6 Å². The molecule has 0 saturated heterocycles. The van der Waals surface area contributed by atoms with E-state index in [-0.39, 0.29) is 19.1 Å². The Morgan fingerprint density at radius 3 is 2.45 bits per heavy atom. The molecule has 1 aromatic rings. The van der Waals surface area contributed by atoms with E-state index in [0.29, 0.717) is 0 Å². The number of carbonyl (C=O) groups is 2. The van der Waals surface area contributed by atoms with Crippen LogP contribution in [-0.4, -0.2) is 34.9 Å². The second kappa shape index (κ2) is 7.25. The van der Waals surface area contributed by atoms with E-state index in [1.54, 1.807) is 11.3 Å². The van der Waals surface area contributed by atoms with Crippen LogP contribution in [0.5, 0.6) is 0 Å². The molecule has 0 radical (unpaired) electrons. The molecule has 0 aliphatic rings. The fraction of sp³-hybridized carbons (Fsp3) is 0.538. The second-order valence-electron chi connectivity index (χ2n) is 4.61. The first-order valence-corrected chi connectivity index (χ1v) is 7.14. The van der Waals surface area contributed by atoms with E-state index in [2.05, 4.69) is 10.6 Å². The van der Waals surface area contributed by atoms with Crippen LogP contribution in [0.1, 0.15) is 34.7 Å². The zero-order valence-corrected chi connectivity index (χ0v) is 12.6. The molecular formula is C13H20N2O4S. The van der Waals surface area contributed by atoms with Crippen molar-refractivity contribution in [2.45, 2.75) is 39.3 Å². The fourth-order valence-corrected chi connectivity index (χ4v) is 2.96. The molecular weight excluding hydrogens is 280 g/mol. The van der Waals surface area contributed by atoms with E-state index in [0.717, 1.165) is 15.3 Å². The van der Waals surface area contributed by atoms with Gasteiger partial charge in [0.1, 0.15) is 6.04 Å². The monoisotopic (exact) mass is 300 g/mol. The molecule has 4 N–H and O–H groups in total. The first-order chi connectivity index (χ1) is 9.35. The maximum atomic E-state index is 11.8. The number of carbonyl (C=O) groups excluding carboxylic acids is 1. The molecule has 2 unspecified atom stereocenters. The van der Waals surface area contributed by atoms with Gasteiger partial charge in [-0.3, -0.25) is 0 Å². The summed E-state index contributed by atoms with van der Waals surface area (Å²) in [6, 6.07) is 0.163.